The molecule has 0 aliphatic carbocycles. The Labute approximate surface area is 122 Å². The SMILES string of the molecule is Nc1cc(C(=O)NC(CO)c2ccccc2)ccc1Cl. The van der Waals surface area contributed by atoms with Crippen molar-refractivity contribution in [2.45, 2.75) is 6.04 Å². The maximum Gasteiger partial charge on any atom is 0.251 e. The van der Waals surface area contributed by atoms with Crippen molar-refractivity contribution in [2.75, 3.05) is 12.3 Å². The second-order valence-electron chi connectivity index (χ2n) is 4.36. The van der Waals surface area contributed by atoms with Gasteiger partial charge in [0, 0.05) is 5.56 Å². The van der Waals surface area contributed by atoms with E-state index in [9.17, 15) is 9.90 Å². The summed E-state index contributed by atoms with van der Waals surface area (Å²) in [6, 6.07) is 13.5. The summed E-state index contributed by atoms with van der Waals surface area (Å²) in [5, 5.41) is 12.6. The monoisotopic (exact) mass is 290 g/mol. The first kappa shape index (κ1) is 14.4. The van der Waals surface area contributed by atoms with Crippen LogP contribution in [-0.2, 0) is 0 Å². The molecule has 2 aromatic carbocycles. The van der Waals surface area contributed by atoms with Crippen LogP contribution < -0.4 is 11.1 Å². The lowest BCUT2D eigenvalue weighted by Gasteiger charge is -2.17. The molecule has 0 fully saturated rings. The minimum Gasteiger partial charge on any atom is -0.398 e. The van der Waals surface area contributed by atoms with E-state index in [1.807, 2.05) is 30.3 Å². The highest BCUT2D eigenvalue weighted by Gasteiger charge is 2.15. The average Bonchev–Trinajstić information content (AvgIpc) is 2.48. The van der Waals surface area contributed by atoms with E-state index in [-0.39, 0.29) is 12.5 Å². The molecule has 0 radical (unpaired) electrons. The van der Waals surface area contributed by atoms with E-state index >= 15 is 0 Å². The van der Waals surface area contributed by atoms with E-state index in [1.165, 1.54) is 6.07 Å². The second-order valence-corrected chi connectivity index (χ2v) is 4.76. The minimum absolute atomic E-state index is 0.182. The Morgan fingerprint density at radius 1 is 1.25 bits per heavy atom. The maximum atomic E-state index is 12.1. The highest BCUT2D eigenvalue weighted by atomic mass is 35.5. The summed E-state index contributed by atoms with van der Waals surface area (Å²) in [4.78, 5) is 12.1. The van der Waals surface area contributed by atoms with Crippen LogP contribution in [0.5, 0.6) is 0 Å². The van der Waals surface area contributed by atoms with Crippen LogP contribution in [0.15, 0.2) is 48.5 Å². The number of amides is 1. The highest BCUT2D eigenvalue weighted by Crippen LogP contribution is 2.20. The molecule has 5 heteroatoms. The number of nitrogen functional groups attached to an aromatic ring is 1. The van der Waals surface area contributed by atoms with Gasteiger partial charge in [-0.3, -0.25) is 4.79 Å². The van der Waals surface area contributed by atoms with E-state index in [4.69, 9.17) is 17.3 Å². The Bertz CT molecular complexity index is 602. The number of carbonyl (C=O) groups is 1. The third-order valence-electron chi connectivity index (χ3n) is 2.95. The highest BCUT2D eigenvalue weighted by molar-refractivity contribution is 6.33. The molecule has 0 saturated carbocycles. The van der Waals surface area contributed by atoms with Crippen LogP contribution in [0, 0.1) is 0 Å². The number of nitrogens with two attached hydrogens (primary N) is 1. The fourth-order valence-electron chi connectivity index (χ4n) is 1.85. The molecule has 1 amide bonds. The van der Waals surface area contributed by atoms with Crippen molar-refractivity contribution in [1.82, 2.24) is 5.32 Å². The predicted octanol–water partition coefficient (Wildman–Crippen LogP) is 2.39. The second kappa shape index (κ2) is 6.41. The molecule has 2 aromatic rings. The molecule has 20 heavy (non-hydrogen) atoms. The first-order chi connectivity index (χ1) is 9.61. The molecule has 0 aliphatic heterocycles. The normalized spacial score (nSPS) is 11.9. The summed E-state index contributed by atoms with van der Waals surface area (Å²) in [5.74, 6) is -0.309. The lowest BCUT2D eigenvalue weighted by atomic mass is 10.1. The van der Waals surface area contributed by atoms with Crippen LogP contribution in [0.3, 0.4) is 0 Å². The van der Waals surface area contributed by atoms with Gasteiger partial charge in [-0.25, -0.2) is 0 Å². The van der Waals surface area contributed by atoms with E-state index in [1.54, 1.807) is 12.1 Å². The van der Waals surface area contributed by atoms with Gasteiger partial charge < -0.3 is 16.2 Å². The van der Waals surface area contributed by atoms with Gasteiger partial charge in [0.15, 0.2) is 0 Å². The summed E-state index contributed by atoms with van der Waals surface area (Å²) in [5.41, 5.74) is 7.26. The lowest BCUT2D eigenvalue weighted by molar-refractivity contribution is 0.0916. The number of halogens is 1. The number of hydrogen-bond acceptors (Lipinski definition) is 3. The third-order valence-corrected chi connectivity index (χ3v) is 3.29. The molecule has 1 unspecified atom stereocenters. The zero-order valence-corrected chi connectivity index (χ0v) is 11.5. The number of rotatable bonds is 4. The summed E-state index contributed by atoms with van der Waals surface area (Å²) < 4.78 is 0. The average molecular weight is 291 g/mol. The fraction of sp³-hybridized carbons (Fsp3) is 0.133. The standard InChI is InChI=1S/C15H15ClN2O2/c16-12-7-6-11(8-13(12)17)15(20)18-14(9-19)10-4-2-1-3-5-10/h1-8,14,19H,9,17H2,(H,18,20). The summed E-state index contributed by atoms with van der Waals surface area (Å²) in [7, 11) is 0. The Balaban J connectivity index is 2.15. The zero-order chi connectivity index (χ0) is 14.5. The van der Waals surface area contributed by atoms with Gasteiger partial charge in [0.25, 0.3) is 5.91 Å². The topological polar surface area (TPSA) is 75.4 Å². The van der Waals surface area contributed by atoms with Gasteiger partial charge in [0.1, 0.15) is 0 Å². The van der Waals surface area contributed by atoms with E-state index < -0.39 is 6.04 Å². The number of benzene rings is 2. The molecule has 4 N–H and O–H groups in total. The molecule has 0 bridgehead atoms. The van der Waals surface area contributed by atoms with Gasteiger partial charge in [-0.05, 0) is 23.8 Å². The van der Waals surface area contributed by atoms with Crippen molar-refractivity contribution in [3.05, 3.63) is 64.7 Å². The first-order valence-corrected chi connectivity index (χ1v) is 6.51. The molecule has 0 aliphatic rings. The minimum atomic E-state index is -0.458. The number of carbonyl (C=O) groups excluding carboxylic acids is 1. The van der Waals surface area contributed by atoms with Crippen molar-refractivity contribution in [3.8, 4) is 0 Å². The van der Waals surface area contributed by atoms with Gasteiger partial charge in [0.2, 0.25) is 0 Å². The van der Waals surface area contributed by atoms with Gasteiger partial charge in [-0.2, -0.15) is 0 Å². The number of aliphatic hydroxyl groups excluding tert-OH is 1. The predicted molar refractivity (Wildman–Crippen MR) is 79.6 cm³/mol. The zero-order valence-electron chi connectivity index (χ0n) is 10.7. The molecular weight excluding hydrogens is 276 g/mol. The van der Waals surface area contributed by atoms with Gasteiger partial charge in [0.05, 0.1) is 23.4 Å². The van der Waals surface area contributed by atoms with Gasteiger partial charge >= 0.3 is 0 Å². The Morgan fingerprint density at radius 3 is 2.55 bits per heavy atom. The Kier molecular flexibility index (Phi) is 4.61. The molecular formula is C15H15ClN2O2. The number of nitrogens with one attached hydrogen (secondary N) is 1. The third kappa shape index (κ3) is 3.29. The summed E-state index contributed by atoms with van der Waals surface area (Å²) in [6.45, 7) is -0.182. The smallest absolute Gasteiger partial charge is 0.251 e. The van der Waals surface area contributed by atoms with Crippen LogP contribution in [0.25, 0.3) is 0 Å². The van der Waals surface area contributed by atoms with E-state index in [0.717, 1.165) is 5.56 Å². The molecule has 2 rings (SSSR count). The fourth-order valence-corrected chi connectivity index (χ4v) is 1.96. The van der Waals surface area contributed by atoms with Crippen LogP contribution in [0.1, 0.15) is 22.0 Å². The Morgan fingerprint density at radius 2 is 1.95 bits per heavy atom. The lowest BCUT2D eigenvalue weighted by Crippen LogP contribution is -2.30. The van der Waals surface area contributed by atoms with Crippen molar-refractivity contribution >= 4 is 23.2 Å². The first-order valence-electron chi connectivity index (χ1n) is 6.13. The molecule has 1 atom stereocenters. The quantitative estimate of drug-likeness (QED) is 0.757. The maximum absolute atomic E-state index is 12.1. The molecule has 0 aromatic heterocycles. The van der Waals surface area contributed by atoms with Crippen LogP contribution in [-0.4, -0.2) is 17.6 Å². The van der Waals surface area contributed by atoms with Crippen LogP contribution in [0.2, 0.25) is 5.02 Å². The summed E-state index contributed by atoms with van der Waals surface area (Å²) >= 11 is 5.82. The summed E-state index contributed by atoms with van der Waals surface area (Å²) in [6.07, 6.45) is 0. The van der Waals surface area contributed by atoms with Crippen molar-refractivity contribution in [2.24, 2.45) is 0 Å². The van der Waals surface area contributed by atoms with Gasteiger partial charge in [-0.15, -0.1) is 0 Å². The van der Waals surface area contributed by atoms with Crippen molar-refractivity contribution in [1.29, 1.82) is 0 Å². The number of anilines is 1. The molecule has 4 nitrogen and oxygen atoms in total. The number of hydrogen-bond donors (Lipinski definition) is 3. The van der Waals surface area contributed by atoms with Gasteiger partial charge in [-0.1, -0.05) is 41.9 Å². The molecule has 104 valence electrons. The van der Waals surface area contributed by atoms with E-state index in [2.05, 4.69) is 5.32 Å². The van der Waals surface area contributed by atoms with Crippen molar-refractivity contribution < 1.29 is 9.90 Å². The van der Waals surface area contributed by atoms with Crippen molar-refractivity contribution in [3.63, 3.8) is 0 Å². The number of aliphatic hydroxyl groups is 1. The molecule has 0 spiro atoms. The van der Waals surface area contributed by atoms with E-state index in [0.29, 0.717) is 16.3 Å². The Hall–Kier alpha value is -2.04. The van der Waals surface area contributed by atoms with Crippen LogP contribution >= 0.6 is 11.6 Å². The largest absolute Gasteiger partial charge is 0.398 e. The molecule has 0 heterocycles. The van der Waals surface area contributed by atoms with Crippen LogP contribution in [0.4, 0.5) is 5.69 Å². The molecule has 0 saturated heterocycles.